The molecule has 9 heteroatoms. The standard InChI is InChI=1S/C20H30N4O3S.HI/c1-3-21-20(23-14-17(25)18-5-4-10-27-18)22-13-16(19-7-6-15(2)28-19)24-8-11-26-12-9-24;/h4-7,10,16-17,25H,3,8-9,11-14H2,1-2H3,(H2,21,22,23);1H. The van der Waals surface area contributed by atoms with Gasteiger partial charge in [-0.15, -0.1) is 35.3 Å². The quantitative estimate of drug-likeness (QED) is 0.275. The highest BCUT2D eigenvalue weighted by atomic mass is 127. The zero-order valence-corrected chi connectivity index (χ0v) is 20.1. The van der Waals surface area contributed by atoms with Crippen molar-refractivity contribution >= 4 is 41.3 Å². The van der Waals surface area contributed by atoms with Crippen molar-refractivity contribution in [2.45, 2.75) is 26.0 Å². The summed E-state index contributed by atoms with van der Waals surface area (Å²) in [6, 6.07) is 8.14. The number of furan rings is 1. The first kappa shape index (κ1) is 24.1. The number of nitrogens with zero attached hydrogens (tertiary/aromatic N) is 2. The molecule has 7 nitrogen and oxygen atoms in total. The monoisotopic (exact) mass is 534 g/mol. The molecule has 2 aromatic heterocycles. The molecule has 0 saturated carbocycles. The third kappa shape index (κ3) is 7.25. The molecule has 1 aliphatic heterocycles. The lowest BCUT2D eigenvalue weighted by atomic mass is 10.2. The van der Waals surface area contributed by atoms with Gasteiger partial charge in [-0.25, -0.2) is 0 Å². The summed E-state index contributed by atoms with van der Waals surface area (Å²) in [5, 5.41) is 16.7. The average molecular weight is 534 g/mol. The molecule has 0 bridgehead atoms. The van der Waals surface area contributed by atoms with Crippen LogP contribution in [0.1, 0.15) is 34.6 Å². The molecule has 0 radical (unpaired) electrons. The van der Waals surface area contributed by atoms with E-state index in [0.29, 0.717) is 24.8 Å². The summed E-state index contributed by atoms with van der Waals surface area (Å²) in [6.45, 7) is 9.25. The van der Waals surface area contributed by atoms with Gasteiger partial charge in [-0.05, 0) is 38.1 Å². The van der Waals surface area contributed by atoms with E-state index in [1.165, 1.54) is 9.75 Å². The van der Waals surface area contributed by atoms with Gasteiger partial charge in [-0.3, -0.25) is 9.89 Å². The summed E-state index contributed by atoms with van der Waals surface area (Å²) in [5.74, 6) is 1.24. The third-order valence-electron chi connectivity index (χ3n) is 4.68. The summed E-state index contributed by atoms with van der Waals surface area (Å²) in [4.78, 5) is 9.89. The summed E-state index contributed by atoms with van der Waals surface area (Å²) in [7, 11) is 0. The predicted octanol–water partition coefficient (Wildman–Crippen LogP) is 2.93. The molecule has 0 amide bonds. The van der Waals surface area contributed by atoms with Crippen molar-refractivity contribution < 1.29 is 14.3 Å². The van der Waals surface area contributed by atoms with Crippen molar-refractivity contribution in [1.29, 1.82) is 0 Å². The molecule has 2 atom stereocenters. The van der Waals surface area contributed by atoms with Gasteiger partial charge >= 0.3 is 0 Å². The first-order chi connectivity index (χ1) is 13.7. The van der Waals surface area contributed by atoms with E-state index in [4.69, 9.17) is 14.1 Å². The molecule has 0 aromatic carbocycles. The Bertz CT molecular complexity index is 732. The van der Waals surface area contributed by atoms with Crippen LogP contribution in [0.5, 0.6) is 0 Å². The molecule has 2 unspecified atom stereocenters. The Morgan fingerprint density at radius 1 is 1.28 bits per heavy atom. The van der Waals surface area contributed by atoms with Crippen LogP contribution in [0.15, 0.2) is 39.9 Å². The fourth-order valence-corrected chi connectivity index (χ4v) is 4.20. The minimum atomic E-state index is -0.714. The van der Waals surface area contributed by atoms with Crippen LogP contribution in [0, 0.1) is 6.92 Å². The Balaban J connectivity index is 0.00000300. The highest BCUT2D eigenvalue weighted by Crippen LogP contribution is 2.28. The number of aryl methyl sites for hydroxylation is 1. The molecule has 1 aliphatic rings. The fourth-order valence-electron chi connectivity index (χ4n) is 3.20. The molecule has 29 heavy (non-hydrogen) atoms. The Labute approximate surface area is 193 Å². The van der Waals surface area contributed by atoms with Crippen LogP contribution in [0.25, 0.3) is 0 Å². The summed E-state index contributed by atoms with van der Waals surface area (Å²) in [6.07, 6.45) is 0.849. The number of ether oxygens (including phenoxy) is 1. The van der Waals surface area contributed by atoms with Gasteiger partial charge in [0, 0.05) is 29.4 Å². The summed E-state index contributed by atoms with van der Waals surface area (Å²) >= 11 is 1.83. The van der Waals surface area contributed by atoms with E-state index in [-0.39, 0.29) is 30.0 Å². The van der Waals surface area contributed by atoms with E-state index in [1.54, 1.807) is 18.4 Å². The van der Waals surface area contributed by atoms with Crippen LogP contribution in [-0.4, -0.2) is 61.9 Å². The lowest BCUT2D eigenvalue weighted by Gasteiger charge is -2.33. The van der Waals surface area contributed by atoms with Gasteiger partial charge < -0.3 is 24.9 Å². The molecule has 0 aliphatic carbocycles. The number of hydrogen-bond donors (Lipinski definition) is 3. The van der Waals surface area contributed by atoms with Gasteiger partial charge in [0.15, 0.2) is 5.96 Å². The molecule has 2 aromatic rings. The number of nitrogens with one attached hydrogen (secondary N) is 2. The third-order valence-corrected chi connectivity index (χ3v) is 5.78. The number of rotatable bonds is 8. The van der Waals surface area contributed by atoms with E-state index in [0.717, 1.165) is 32.8 Å². The second-order valence-corrected chi connectivity index (χ2v) is 8.06. The number of thiophene rings is 1. The number of aliphatic hydroxyl groups excluding tert-OH is 1. The van der Waals surface area contributed by atoms with E-state index >= 15 is 0 Å². The second-order valence-electron chi connectivity index (χ2n) is 6.74. The number of halogens is 1. The Hall–Kier alpha value is -1.14. The summed E-state index contributed by atoms with van der Waals surface area (Å²) in [5.41, 5.74) is 0. The van der Waals surface area contributed by atoms with E-state index in [1.807, 2.05) is 18.3 Å². The first-order valence-corrected chi connectivity index (χ1v) is 10.6. The molecule has 1 saturated heterocycles. The molecule has 1 fully saturated rings. The van der Waals surface area contributed by atoms with Crippen LogP contribution in [0.3, 0.4) is 0 Å². The molecule has 162 valence electrons. The van der Waals surface area contributed by atoms with E-state index < -0.39 is 6.10 Å². The van der Waals surface area contributed by atoms with Crippen molar-refractivity contribution in [1.82, 2.24) is 15.5 Å². The van der Waals surface area contributed by atoms with E-state index in [2.05, 4.69) is 34.6 Å². The minimum absolute atomic E-state index is 0. The lowest BCUT2D eigenvalue weighted by Crippen LogP contribution is -2.42. The number of aliphatic imine (C=N–C) groups is 1. The van der Waals surface area contributed by atoms with Crippen molar-refractivity contribution in [3.05, 3.63) is 46.0 Å². The minimum Gasteiger partial charge on any atom is -0.467 e. The van der Waals surface area contributed by atoms with Crippen LogP contribution in [0.2, 0.25) is 0 Å². The largest absolute Gasteiger partial charge is 0.467 e. The average Bonchev–Trinajstić information content (AvgIpc) is 3.39. The predicted molar refractivity (Wildman–Crippen MR) is 127 cm³/mol. The van der Waals surface area contributed by atoms with Crippen LogP contribution in [-0.2, 0) is 4.74 Å². The number of morpholine rings is 1. The van der Waals surface area contributed by atoms with E-state index in [9.17, 15) is 5.11 Å². The van der Waals surface area contributed by atoms with Gasteiger partial charge in [-0.2, -0.15) is 0 Å². The van der Waals surface area contributed by atoms with Crippen molar-refractivity contribution in [2.75, 3.05) is 45.9 Å². The van der Waals surface area contributed by atoms with Gasteiger partial charge in [0.25, 0.3) is 0 Å². The van der Waals surface area contributed by atoms with Gasteiger partial charge in [0.1, 0.15) is 11.9 Å². The van der Waals surface area contributed by atoms with Crippen molar-refractivity contribution in [3.63, 3.8) is 0 Å². The van der Waals surface area contributed by atoms with Gasteiger partial charge in [-0.1, -0.05) is 0 Å². The maximum atomic E-state index is 10.2. The van der Waals surface area contributed by atoms with Gasteiger partial charge in [0.2, 0.25) is 0 Å². The highest BCUT2D eigenvalue weighted by molar-refractivity contribution is 14.0. The lowest BCUT2D eigenvalue weighted by molar-refractivity contribution is 0.0186. The number of aliphatic hydroxyl groups is 1. The molecule has 3 N–H and O–H groups in total. The zero-order valence-electron chi connectivity index (χ0n) is 17.0. The summed E-state index contributed by atoms with van der Waals surface area (Å²) < 4.78 is 10.8. The Morgan fingerprint density at radius 3 is 2.69 bits per heavy atom. The molecule has 3 heterocycles. The Kier molecular flexibility index (Phi) is 10.4. The van der Waals surface area contributed by atoms with Crippen molar-refractivity contribution in [3.8, 4) is 0 Å². The highest BCUT2D eigenvalue weighted by Gasteiger charge is 2.24. The first-order valence-electron chi connectivity index (χ1n) is 9.79. The maximum Gasteiger partial charge on any atom is 0.191 e. The van der Waals surface area contributed by atoms with Crippen LogP contribution >= 0.6 is 35.3 Å². The normalized spacial score (nSPS) is 17.4. The number of hydrogen-bond acceptors (Lipinski definition) is 6. The zero-order chi connectivity index (χ0) is 19.8. The smallest absolute Gasteiger partial charge is 0.191 e. The van der Waals surface area contributed by atoms with Crippen molar-refractivity contribution in [2.24, 2.45) is 4.99 Å². The second kappa shape index (κ2) is 12.5. The SMILES string of the molecule is CCNC(=NCC(c1ccc(C)s1)N1CCOCC1)NCC(O)c1ccco1.I. The fraction of sp³-hybridized carbons (Fsp3) is 0.550. The molecule has 0 spiro atoms. The Morgan fingerprint density at radius 2 is 2.07 bits per heavy atom. The topological polar surface area (TPSA) is 82.3 Å². The van der Waals surface area contributed by atoms with Gasteiger partial charge in [0.05, 0.1) is 38.6 Å². The molecular formula is C20H31IN4O3S. The van der Waals surface area contributed by atoms with Crippen LogP contribution < -0.4 is 10.6 Å². The maximum absolute atomic E-state index is 10.2. The number of guanidine groups is 1. The molecular weight excluding hydrogens is 503 g/mol. The molecule has 3 rings (SSSR count). The van der Waals surface area contributed by atoms with Crippen LogP contribution in [0.4, 0.5) is 0 Å².